The zero-order valence-electron chi connectivity index (χ0n) is 36.7. The van der Waals surface area contributed by atoms with E-state index in [2.05, 4.69) is 84.9 Å². The number of fused-ring (bicyclic) bond motifs is 3. The molecule has 0 spiro atoms. The molecule has 6 aromatic carbocycles. The van der Waals surface area contributed by atoms with E-state index in [1.165, 1.54) is 38.5 Å². The maximum Gasteiger partial charge on any atom is 0.335 e. The van der Waals surface area contributed by atoms with Gasteiger partial charge in [0, 0.05) is 11.1 Å². The van der Waals surface area contributed by atoms with E-state index in [9.17, 15) is 19.8 Å². The molecule has 6 nitrogen and oxygen atoms in total. The molecule has 65 heavy (non-hydrogen) atoms. The highest BCUT2D eigenvalue weighted by Gasteiger charge is 2.55. The van der Waals surface area contributed by atoms with Crippen molar-refractivity contribution in [2.45, 2.75) is 93.3 Å². The van der Waals surface area contributed by atoms with Gasteiger partial charge in [0.1, 0.15) is 23.0 Å². The summed E-state index contributed by atoms with van der Waals surface area (Å²) in [4.78, 5) is 25.9. The minimum Gasteiger partial charge on any atom is -0.478 e. The Morgan fingerprint density at radius 3 is 1.08 bits per heavy atom. The maximum atomic E-state index is 12.9. The van der Waals surface area contributed by atoms with Gasteiger partial charge in [-0.1, -0.05) is 84.9 Å². The van der Waals surface area contributed by atoms with Crippen LogP contribution < -0.4 is 9.47 Å². The third kappa shape index (κ3) is 5.97. The molecule has 6 heteroatoms. The van der Waals surface area contributed by atoms with Gasteiger partial charge >= 0.3 is 11.9 Å². The predicted octanol–water partition coefficient (Wildman–Crippen LogP) is 14.0. The lowest BCUT2D eigenvalue weighted by atomic mass is 9.47. The third-order valence-corrected chi connectivity index (χ3v) is 17.7. The molecule has 0 saturated heterocycles. The summed E-state index contributed by atoms with van der Waals surface area (Å²) < 4.78 is 14.3. The van der Waals surface area contributed by atoms with E-state index in [0.717, 1.165) is 83.0 Å². The highest BCUT2D eigenvalue weighted by molar-refractivity contribution is 5.91. The lowest BCUT2D eigenvalue weighted by Crippen LogP contribution is -2.49. The molecule has 8 fully saturated rings. The first-order valence-electron chi connectivity index (χ1n) is 24.2. The highest BCUT2D eigenvalue weighted by atomic mass is 16.5. The lowest BCUT2D eigenvalue weighted by molar-refractivity contribution is -0.00595. The van der Waals surface area contributed by atoms with Gasteiger partial charge in [-0.15, -0.1) is 0 Å². The lowest BCUT2D eigenvalue weighted by Gasteiger charge is -2.57. The Labute approximate surface area is 380 Å². The van der Waals surface area contributed by atoms with Crippen molar-refractivity contribution >= 4 is 11.9 Å². The topological polar surface area (TPSA) is 93.1 Å². The second-order valence-electron chi connectivity index (χ2n) is 21.5. The maximum absolute atomic E-state index is 12.9. The number of aromatic carboxylic acids is 2. The van der Waals surface area contributed by atoms with Crippen LogP contribution in [0.1, 0.15) is 131 Å². The van der Waals surface area contributed by atoms with Gasteiger partial charge in [0.05, 0.1) is 16.5 Å². The van der Waals surface area contributed by atoms with Crippen LogP contribution in [-0.2, 0) is 16.2 Å². The number of carboxylic acids is 2. The largest absolute Gasteiger partial charge is 0.478 e. The van der Waals surface area contributed by atoms with Crippen LogP contribution in [0.15, 0.2) is 133 Å². The predicted molar refractivity (Wildman–Crippen MR) is 250 cm³/mol. The Morgan fingerprint density at radius 1 is 0.400 bits per heavy atom. The molecule has 326 valence electrons. The molecule has 9 aliphatic carbocycles. The Bertz CT molecular complexity index is 2670. The van der Waals surface area contributed by atoms with Gasteiger partial charge in [0.2, 0.25) is 0 Å². The molecule has 0 radical (unpaired) electrons. The number of carbonyl (C=O) groups is 2. The summed E-state index contributed by atoms with van der Waals surface area (Å²) in [5.41, 5.74) is 7.89. The quantitative estimate of drug-likeness (QED) is 0.142. The average molecular weight is 859 g/mol. The first-order valence-corrected chi connectivity index (χ1v) is 24.2. The first kappa shape index (κ1) is 39.2. The molecule has 15 rings (SSSR count). The van der Waals surface area contributed by atoms with Gasteiger partial charge in [-0.2, -0.15) is 0 Å². The zero-order valence-corrected chi connectivity index (χ0v) is 36.7. The summed E-state index contributed by atoms with van der Waals surface area (Å²) in [6, 6.07) is 45.3. The van der Waals surface area contributed by atoms with Crippen LogP contribution in [-0.4, -0.2) is 22.2 Å². The van der Waals surface area contributed by atoms with E-state index in [1.54, 1.807) is 12.1 Å². The third-order valence-electron chi connectivity index (χ3n) is 17.7. The smallest absolute Gasteiger partial charge is 0.335 e. The van der Waals surface area contributed by atoms with E-state index < -0.39 is 17.4 Å². The SMILES string of the molecule is O=C(O)c1ccc(Oc2ccccc2C2(c3ccccc3Oc3ccc(C(=O)O)c(C45CC6CC(CC(C6)C4)C5)c3)c3ccccc3-c3ccccc32)cc1C12CC3CC(CC(C3)C1)C2. The van der Waals surface area contributed by atoms with Crippen LogP contribution in [0.5, 0.6) is 23.0 Å². The molecule has 0 amide bonds. The normalized spacial score (nSPS) is 29.3. The van der Waals surface area contributed by atoms with Gasteiger partial charge in [0.25, 0.3) is 0 Å². The summed E-state index contributed by atoms with van der Waals surface area (Å²) in [7, 11) is 0. The molecule has 2 N–H and O–H groups in total. The second kappa shape index (κ2) is 14.4. The summed E-state index contributed by atoms with van der Waals surface area (Å²) in [6.45, 7) is 0. The minimum absolute atomic E-state index is 0.138. The van der Waals surface area contributed by atoms with Crippen molar-refractivity contribution in [2.24, 2.45) is 35.5 Å². The van der Waals surface area contributed by atoms with Crippen LogP contribution in [0, 0.1) is 35.5 Å². The molecule has 0 unspecified atom stereocenters. The van der Waals surface area contributed by atoms with Crippen molar-refractivity contribution in [1.29, 1.82) is 0 Å². The fourth-order valence-electron chi connectivity index (χ4n) is 16.3. The van der Waals surface area contributed by atoms with Crippen LogP contribution in [0.4, 0.5) is 0 Å². The van der Waals surface area contributed by atoms with Crippen LogP contribution in [0.2, 0.25) is 0 Å². The average Bonchev–Trinajstić information content (AvgIpc) is 3.59. The van der Waals surface area contributed by atoms with E-state index in [4.69, 9.17) is 9.47 Å². The van der Waals surface area contributed by atoms with Crippen molar-refractivity contribution in [3.63, 3.8) is 0 Å². The highest BCUT2D eigenvalue weighted by Crippen LogP contribution is 2.64. The van der Waals surface area contributed by atoms with E-state index in [1.807, 2.05) is 36.4 Å². The summed E-state index contributed by atoms with van der Waals surface area (Å²) >= 11 is 0. The number of carboxylic acid groups (broad SMARTS) is 2. The van der Waals surface area contributed by atoms with Crippen LogP contribution in [0.3, 0.4) is 0 Å². The standard InChI is InChI=1S/C59H54O6/c60-55(61)45-19-17-41(27-51(45)57-29-35-21-36(30-57)23-37(22-35)31-57)64-53-15-7-5-13-49(53)59(47-11-3-1-9-43(47)44-10-2-4-12-48(44)59)50-14-6-8-16-54(50)65-42-18-20-46(56(62)63)52(28-42)58-32-38-24-39(33-58)26-40(25-38)34-58/h1-20,27-28,35-40H,21-26,29-34H2,(H,60,61)(H,62,63). The van der Waals surface area contributed by atoms with Gasteiger partial charge in [-0.25, -0.2) is 9.59 Å². The van der Waals surface area contributed by atoms with Crippen molar-refractivity contribution in [2.75, 3.05) is 0 Å². The number of rotatable bonds is 10. The molecular weight excluding hydrogens is 805 g/mol. The fourth-order valence-corrected chi connectivity index (χ4v) is 16.3. The molecular formula is C59H54O6. The Morgan fingerprint density at radius 2 is 0.723 bits per heavy atom. The zero-order chi connectivity index (χ0) is 43.7. The monoisotopic (exact) mass is 858 g/mol. The number of hydrogen-bond donors (Lipinski definition) is 2. The van der Waals surface area contributed by atoms with E-state index >= 15 is 0 Å². The molecule has 6 aromatic rings. The van der Waals surface area contributed by atoms with Crippen LogP contribution >= 0.6 is 0 Å². The van der Waals surface area contributed by atoms with Gasteiger partial charge in [-0.3, -0.25) is 0 Å². The molecule has 0 aromatic heterocycles. The minimum atomic E-state index is -0.895. The Balaban J connectivity index is 0.960. The van der Waals surface area contributed by atoms with Crippen molar-refractivity contribution in [3.05, 3.63) is 178 Å². The second-order valence-corrected chi connectivity index (χ2v) is 21.5. The summed E-state index contributed by atoms with van der Waals surface area (Å²) in [5, 5.41) is 21.2. The van der Waals surface area contributed by atoms with Crippen molar-refractivity contribution < 1.29 is 29.3 Å². The molecule has 0 heterocycles. The van der Waals surface area contributed by atoms with E-state index in [-0.39, 0.29) is 10.8 Å². The van der Waals surface area contributed by atoms with Gasteiger partial charge < -0.3 is 19.7 Å². The van der Waals surface area contributed by atoms with Gasteiger partial charge in [0.15, 0.2) is 0 Å². The number of ether oxygens (including phenoxy) is 2. The van der Waals surface area contributed by atoms with Crippen LogP contribution in [0.25, 0.3) is 11.1 Å². The number of hydrogen-bond acceptors (Lipinski definition) is 4. The first-order chi connectivity index (χ1) is 31.7. The molecule has 8 bridgehead atoms. The van der Waals surface area contributed by atoms with Crippen molar-refractivity contribution in [3.8, 4) is 34.1 Å². The number of benzene rings is 6. The molecule has 0 aliphatic heterocycles. The molecule has 9 aliphatic rings. The number of para-hydroxylation sites is 2. The fraction of sp³-hybridized carbons (Fsp3) is 0.356. The van der Waals surface area contributed by atoms with E-state index in [0.29, 0.717) is 69.6 Å². The Kier molecular flexibility index (Phi) is 8.71. The van der Waals surface area contributed by atoms with Gasteiger partial charge in [-0.05, 0) is 205 Å². The molecule has 0 atom stereocenters. The van der Waals surface area contributed by atoms with Crippen molar-refractivity contribution in [1.82, 2.24) is 0 Å². The summed E-state index contributed by atoms with van der Waals surface area (Å²) in [5.74, 6) is 4.88. The Hall–Kier alpha value is -6.14. The molecule has 8 saturated carbocycles. The summed E-state index contributed by atoms with van der Waals surface area (Å²) in [6.07, 6.45) is 14.0.